The number of anilines is 1. The van der Waals surface area contributed by atoms with E-state index in [2.05, 4.69) is 17.2 Å². The Kier molecular flexibility index (Phi) is 6.09. The minimum Gasteiger partial charge on any atom is -0.337 e. The van der Waals surface area contributed by atoms with Gasteiger partial charge in [-0.3, -0.25) is 14.5 Å². The highest BCUT2D eigenvalue weighted by molar-refractivity contribution is 7.19. The number of hydrogen-bond acceptors (Lipinski definition) is 5. The Morgan fingerprint density at radius 2 is 2.16 bits per heavy atom. The van der Waals surface area contributed by atoms with Crippen LogP contribution in [0.5, 0.6) is 0 Å². The van der Waals surface area contributed by atoms with Gasteiger partial charge < -0.3 is 10.2 Å². The Morgan fingerprint density at radius 3 is 2.97 bits per heavy atom. The Balaban J connectivity index is 1.47. The fourth-order valence-corrected chi connectivity index (χ4v) is 5.02. The quantitative estimate of drug-likeness (QED) is 0.596. The number of amides is 2. The molecule has 3 heterocycles. The lowest BCUT2D eigenvalue weighted by atomic mass is 10.1. The summed E-state index contributed by atoms with van der Waals surface area (Å²) in [6.45, 7) is 3.54. The number of likely N-dealkylation sites (N-methyl/N-ethyl adjacent to an activating group) is 2. The van der Waals surface area contributed by atoms with Crippen molar-refractivity contribution in [2.24, 2.45) is 0 Å². The fraction of sp³-hybridized carbons (Fsp3) is 0.261. The smallest absolute Gasteiger partial charge is 0.246 e. The van der Waals surface area contributed by atoms with Crippen LogP contribution in [-0.2, 0) is 22.7 Å². The van der Waals surface area contributed by atoms with E-state index in [4.69, 9.17) is 11.6 Å². The van der Waals surface area contributed by atoms with Gasteiger partial charge in [-0.05, 0) is 60.8 Å². The SMILES string of the molecule is Cc1c(CN(C)C(=O)/C=C/c2cnc3c(c2)CN(C)CC(=O)N3)sc2ccc(Cl)cc12. The second-order valence-electron chi connectivity index (χ2n) is 7.82. The third-order valence-electron chi connectivity index (χ3n) is 5.27. The predicted molar refractivity (Wildman–Crippen MR) is 126 cm³/mol. The molecule has 4 rings (SSSR count). The van der Waals surface area contributed by atoms with Crippen LogP contribution in [0.1, 0.15) is 21.6 Å². The maximum atomic E-state index is 12.7. The number of carbonyl (C=O) groups excluding carboxylic acids is 2. The van der Waals surface area contributed by atoms with Crippen molar-refractivity contribution in [3.8, 4) is 0 Å². The zero-order chi connectivity index (χ0) is 22.1. The number of nitrogens with one attached hydrogen (secondary N) is 1. The summed E-state index contributed by atoms with van der Waals surface area (Å²) in [4.78, 5) is 33.6. The van der Waals surface area contributed by atoms with Crippen molar-refractivity contribution in [2.45, 2.75) is 20.0 Å². The Hall–Kier alpha value is -2.74. The van der Waals surface area contributed by atoms with Crippen LogP contribution >= 0.6 is 22.9 Å². The summed E-state index contributed by atoms with van der Waals surface area (Å²) >= 11 is 7.81. The summed E-state index contributed by atoms with van der Waals surface area (Å²) in [6, 6.07) is 7.83. The normalized spacial score (nSPS) is 14.5. The molecule has 3 aromatic rings. The van der Waals surface area contributed by atoms with Gasteiger partial charge in [0.05, 0.1) is 13.1 Å². The van der Waals surface area contributed by atoms with Crippen LogP contribution in [0.25, 0.3) is 16.2 Å². The van der Waals surface area contributed by atoms with E-state index in [0.29, 0.717) is 30.5 Å². The standard InChI is InChI=1S/C23H23ClN4O2S/c1-14-18-9-17(24)5-6-19(18)31-20(14)12-28(3)22(30)7-4-15-8-16-11-27(2)13-21(29)26-23(16)25-10-15/h4-10H,11-13H2,1-3H3,(H,25,26,29)/b7-4+. The second kappa shape index (κ2) is 8.78. The molecule has 0 atom stereocenters. The highest BCUT2D eigenvalue weighted by Gasteiger charge is 2.18. The fourth-order valence-electron chi connectivity index (χ4n) is 3.60. The average Bonchev–Trinajstić information content (AvgIpc) is 2.93. The summed E-state index contributed by atoms with van der Waals surface area (Å²) in [6.07, 6.45) is 4.98. The molecule has 31 heavy (non-hydrogen) atoms. The number of pyridine rings is 1. The average molecular weight is 455 g/mol. The monoisotopic (exact) mass is 454 g/mol. The molecular weight excluding hydrogens is 432 g/mol. The van der Waals surface area contributed by atoms with Crippen LogP contribution in [0.4, 0.5) is 5.82 Å². The number of hydrogen-bond donors (Lipinski definition) is 1. The van der Waals surface area contributed by atoms with E-state index in [1.807, 2.05) is 36.2 Å². The molecule has 0 fully saturated rings. The van der Waals surface area contributed by atoms with Crippen molar-refractivity contribution in [1.29, 1.82) is 0 Å². The largest absolute Gasteiger partial charge is 0.337 e. The molecule has 6 nitrogen and oxygen atoms in total. The van der Waals surface area contributed by atoms with E-state index in [1.54, 1.807) is 41.6 Å². The lowest BCUT2D eigenvalue weighted by Gasteiger charge is -2.14. The third kappa shape index (κ3) is 4.79. The van der Waals surface area contributed by atoms with E-state index in [1.165, 1.54) is 4.70 Å². The minimum absolute atomic E-state index is 0.0763. The molecule has 0 bridgehead atoms. The van der Waals surface area contributed by atoms with Crippen LogP contribution in [-0.4, -0.2) is 47.2 Å². The Bertz CT molecular complexity index is 1200. The molecule has 2 aromatic heterocycles. The maximum absolute atomic E-state index is 12.7. The van der Waals surface area contributed by atoms with Crippen molar-refractivity contribution in [3.05, 3.63) is 63.1 Å². The van der Waals surface area contributed by atoms with E-state index < -0.39 is 0 Å². The molecule has 0 radical (unpaired) electrons. The van der Waals surface area contributed by atoms with Crippen LogP contribution in [0.3, 0.4) is 0 Å². The molecule has 0 aliphatic carbocycles. The van der Waals surface area contributed by atoms with Gasteiger partial charge in [0.15, 0.2) is 0 Å². The van der Waals surface area contributed by atoms with Crippen LogP contribution in [0.2, 0.25) is 5.02 Å². The van der Waals surface area contributed by atoms with Crippen molar-refractivity contribution in [2.75, 3.05) is 26.0 Å². The number of halogens is 1. The predicted octanol–water partition coefficient (Wildman–Crippen LogP) is 4.31. The number of aromatic nitrogens is 1. The molecule has 0 saturated carbocycles. The van der Waals surface area contributed by atoms with E-state index in [0.717, 1.165) is 27.0 Å². The second-order valence-corrected chi connectivity index (χ2v) is 9.39. The topological polar surface area (TPSA) is 65.5 Å². The van der Waals surface area contributed by atoms with Crippen molar-refractivity contribution in [3.63, 3.8) is 0 Å². The summed E-state index contributed by atoms with van der Waals surface area (Å²) in [5.74, 6) is 0.415. The minimum atomic E-state index is -0.0877. The first kappa shape index (κ1) is 21.5. The summed E-state index contributed by atoms with van der Waals surface area (Å²) in [7, 11) is 3.68. The van der Waals surface area contributed by atoms with Gasteiger partial charge in [-0.2, -0.15) is 0 Å². The number of nitrogens with zero attached hydrogens (tertiary/aromatic N) is 3. The zero-order valence-corrected chi connectivity index (χ0v) is 19.2. The van der Waals surface area contributed by atoms with Gasteiger partial charge in [0.2, 0.25) is 11.8 Å². The maximum Gasteiger partial charge on any atom is 0.246 e. The molecule has 1 aliphatic heterocycles. The van der Waals surface area contributed by atoms with Gasteiger partial charge in [0.1, 0.15) is 5.82 Å². The summed E-state index contributed by atoms with van der Waals surface area (Å²) < 4.78 is 1.17. The first-order valence-corrected chi connectivity index (χ1v) is 11.1. The number of carbonyl (C=O) groups is 2. The van der Waals surface area contributed by atoms with Gasteiger partial charge >= 0.3 is 0 Å². The number of rotatable bonds is 4. The highest BCUT2D eigenvalue weighted by Crippen LogP contribution is 2.33. The molecule has 0 spiro atoms. The van der Waals surface area contributed by atoms with Gasteiger partial charge in [-0.15, -0.1) is 11.3 Å². The van der Waals surface area contributed by atoms with E-state index >= 15 is 0 Å². The number of benzene rings is 1. The van der Waals surface area contributed by atoms with Crippen molar-refractivity contribution >= 4 is 56.7 Å². The molecule has 2 amide bonds. The third-order valence-corrected chi connectivity index (χ3v) is 6.76. The van der Waals surface area contributed by atoms with Gasteiger partial charge in [0.25, 0.3) is 0 Å². The summed E-state index contributed by atoms with van der Waals surface area (Å²) in [5.41, 5.74) is 2.90. The van der Waals surface area contributed by atoms with Crippen LogP contribution in [0.15, 0.2) is 36.5 Å². The van der Waals surface area contributed by atoms with Crippen molar-refractivity contribution in [1.82, 2.24) is 14.8 Å². The molecular formula is C23H23ClN4O2S. The van der Waals surface area contributed by atoms with Gasteiger partial charge in [-0.1, -0.05) is 11.6 Å². The van der Waals surface area contributed by atoms with Crippen LogP contribution in [0, 0.1) is 6.92 Å². The lowest BCUT2D eigenvalue weighted by Crippen LogP contribution is -2.26. The first-order chi connectivity index (χ1) is 14.8. The number of thiophene rings is 1. The lowest BCUT2D eigenvalue weighted by molar-refractivity contribution is -0.125. The molecule has 1 aromatic carbocycles. The highest BCUT2D eigenvalue weighted by atomic mass is 35.5. The number of fused-ring (bicyclic) bond motifs is 2. The molecule has 0 unspecified atom stereocenters. The molecule has 1 aliphatic rings. The molecule has 1 N–H and O–H groups in total. The molecule has 160 valence electrons. The van der Waals surface area contributed by atoms with Crippen LogP contribution < -0.4 is 5.32 Å². The van der Waals surface area contributed by atoms with E-state index in [-0.39, 0.29) is 11.8 Å². The van der Waals surface area contributed by atoms with Crippen molar-refractivity contribution < 1.29 is 9.59 Å². The number of aryl methyl sites for hydroxylation is 1. The Morgan fingerprint density at radius 1 is 1.35 bits per heavy atom. The molecule has 0 saturated heterocycles. The summed E-state index contributed by atoms with van der Waals surface area (Å²) in [5, 5.41) is 4.66. The van der Waals surface area contributed by atoms with E-state index in [9.17, 15) is 9.59 Å². The molecule has 8 heteroatoms. The zero-order valence-electron chi connectivity index (χ0n) is 17.6. The Labute approximate surface area is 190 Å². The van der Waals surface area contributed by atoms with Gasteiger partial charge in [-0.25, -0.2) is 4.98 Å². The first-order valence-electron chi connectivity index (χ1n) is 9.88. The van der Waals surface area contributed by atoms with Gasteiger partial charge in [0, 0.05) is 46.0 Å².